The van der Waals surface area contributed by atoms with Crippen LogP contribution >= 0.6 is 0 Å². The SMILES string of the molecule is CC(C)=CCN1CCCC(O)(c2cn(C(C)C)nn2)C1. The minimum atomic E-state index is -0.860. The molecule has 1 saturated heterocycles. The maximum absolute atomic E-state index is 10.9. The Balaban J connectivity index is 2.10. The van der Waals surface area contributed by atoms with E-state index >= 15 is 0 Å². The highest BCUT2D eigenvalue weighted by Crippen LogP contribution is 2.30. The van der Waals surface area contributed by atoms with Gasteiger partial charge in [0.05, 0.1) is 6.20 Å². The summed E-state index contributed by atoms with van der Waals surface area (Å²) in [5, 5.41) is 19.2. The molecule has 1 unspecified atom stereocenters. The summed E-state index contributed by atoms with van der Waals surface area (Å²) >= 11 is 0. The second-order valence-corrected chi connectivity index (χ2v) is 6.33. The minimum absolute atomic E-state index is 0.269. The zero-order valence-electron chi connectivity index (χ0n) is 13.0. The maximum atomic E-state index is 10.9. The molecule has 0 radical (unpaired) electrons. The predicted molar refractivity (Wildman–Crippen MR) is 79.4 cm³/mol. The largest absolute Gasteiger partial charge is 0.382 e. The molecule has 112 valence electrons. The van der Waals surface area contributed by atoms with Crippen molar-refractivity contribution >= 4 is 0 Å². The number of aliphatic hydroxyl groups is 1. The summed E-state index contributed by atoms with van der Waals surface area (Å²) in [6.45, 7) is 10.9. The van der Waals surface area contributed by atoms with Crippen molar-refractivity contribution < 1.29 is 5.11 Å². The Hall–Kier alpha value is -1.20. The van der Waals surface area contributed by atoms with Crippen molar-refractivity contribution in [2.45, 2.75) is 52.2 Å². The van der Waals surface area contributed by atoms with Gasteiger partial charge < -0.3 is 5.11 Å². The fourth-order valence-corrected chi connectivity index (χ4v) is 2.54. The molecule has 0 amide bonds. The van der Waals surface area contributed by atoms with Gasteiger partial charge in [0.15, 0.2) is 0 Å². The van der Waals surface area contributed by atoms with E-state index in [0.29, 0.717) is 12.2 Å². The first-order valence-corrected chi connectivity index (χ1v) is 7.41. The molecule has 0 aromatic carbocycles. The summed E-state index contributed by atoms with van der Waals surface area (Å²) in [6, 6.07) is 0.269. The van der Waals surface area contributed by atoms with Crippen molar-refractivity contribution in [1.82, 2.24) is 19.9 Å². The summed E-state index contributed by atoms with van der Waals surface area (Å²) in [7, 11) is 0. The van der Waals surface area contributed by atoms with Gasteiger partial charge in [-0.25, -0.2) is 4.68 Å². The van der Waals surface area contributed by atoms with Gasteiger partial charge in [0.25, 0.3) is 0 Å². The van der Waals surface area contributed by atoms with E-state index in [4.69, 9.17) is 0 Å². The van der Waals surface area contributed by atoms with Crippen molar-refractivity contribution in [3.8, 4) is 0 Å². The Morgan fingerprint density at radius 2 is 2.25 bits per heavy atom. The first kappa shape index (κ1) is 15.2. The smallest absolute Gasteiger partial charge is 0.123 e. The molecule has 5 nitrogen and oxygen atoms in total. The molecule has 2 heterocycles. The first-order chi connectivity index (χ1) is 9.40. The van der Waals surface area contributed by atoms with Crippen LogP contribution in [0.2, 0.25) is 0 Å². The molecular weight excluding hydrogens is 252 g/mol. The third kappa shape index (κ3) is 3.46. The summed E-state index contributed by atoms with van der Waals surface area (Å²) < 4.78 is 1.81. The van der Waals surface area contributed by atoms with Gasteiger partial charge in [-0.15, -0.1) is 5.10 Å². The van der Waals surface area contributed by atoms with E-state index in [1.807, 2.05) is 10.9 Å². The van der Waals surface area contributed by atoms with Gasteiger partial charge in [-0.05, 0) is 47.1 Å². The van der Waals surface area contributed by atoms with Crippen molar-refractivity contribution in [1.29, 1.82) is 0 Å². The lowest BCUT2D eigenvalue weighted by Crippen LogP contribution is -2.46. The van der Waals surface area contributed by atoms with Gasteiger partial charge in [0.1, 0.15) is 11.3 Å². The molecule has 1 aromatic rings. The van der Waals surface area contributed by atoms with Crippen molar-refractivity contribution in [2.24, 2.45) is 0 Å². The highest BCUT2D eigenvalue weighted by atomic mass is 16.3. The van der Waals surface area contributed by atoms with Crippen molar-refractivity contribution in [2.75, 3.05) is 19.6 Å². The second-order valence-electron chi connectivity index (χ2n) is 6.33. The molecule has 1 aliphatic rings. The molecular formula is C15H26N4O. The lowest BCUT2D eigenvalue weighted by molar-refractivity contribution is -0.0356. The molecule has 1 fully saturated rings. The molecule has 1 aromatic heterocycles. The highest BCUT2D eigenvalue weighted by Gasteiger charge is 2.37. The molecule has 1 atom stereocenters. The minimum Gasteiger partial charge on any atom is -0.382 e. The Bertz CT molecular complexity index is 476. The number of likely N-dealkylation sites (tertiary alicyclic amines) is 1. The van der Waals surface area contributed by atoms with Gasteiger partial charge in [0, 0.05) is 19.1 Å². The lowest BCUT2D eigenvalue weighted by Gasteiger charge is -2.37. The average Bonchev–Trinajstić information content (AvgIpc) is 2.87. The van der Waals surface area contributed by atoms with E-state index in [0.717, 1.165) is 25.9 Å². The van der Waals surface area contributed by atoms with E-state index < -0.39 is 5.60 Å². The van der Waals surface area contributed by atoms with E-state index in [9.17, 15) is 5.11 Å². The number of hydrogen-bond donors (Lipinski definition) is 1. The van der Waals surface area contributed by atoms with Crippen LogP contribution in [-0.4, -0.2) is 44.6 Å². The third-order valence-electron chi connectivity index (χ3n) is 3.82. The molecule has 1 aliphatic heterocycles. The van der Waals surface area contributed by atoms with E-state index in [2.05, 4.69) is 49.0 Å². The maximum Gasteiger partial charge on any atom is 0.123 e. The third-order valence-corrected chi connectivity index (χ3v) is 3.82. The number of allylic oxidation sites excluding steroid dienone is 1. The van der Waals surface area contributed by atoms with Gasteiger partial charge >= 0.3 is 0 Å². The van der Waals surface area contributed by atoms with Crippen LogP contribution in [0.15, 0.2) is 17.8 Å². The van der Waals surface area contributed by atoms with Crippen LogP contribution in [0.3, 0.4) is 0 Å². The van der Waals surface area contributed by atoms with Crippen LogP contribution < -0.4 is 0 Å². The zero-order valence-corrected chi connectivity index (χ0v) is 13.0. The van der Waals surface area contributed by atoms with Gasteiger partial charge in [-0.1, -0.05) is 16.9 Å². The molecule has 5 heteroatoms. The van der Waals surface area contributed by atoms with Crippen molar-refractivity contribution in [3.63, 3.8) is 0 Å². The summed E-state index contributed by atoms with van der Waals surface area (Å²) in [5.74, 6) is 0. The van der Waals surface area contributed by atoms with Crippen LogP contribution in [0.1, 0.15) is 52.3 Å². The average molecular weight is 278 g/mol. The molecule has 0 aliphatic carbocycles. The second kappa shape index (κ2) is 6.06. The van der Waals surface area contributed by atoms with Crippen molar-refractivity contribution in [3.05, 3.63) is 23.5 Å². The van der Waals surface area contributed by atoms with Gasteiger partial charge in [-0.3, -0.25) is 4.90 Å². The van der Waals surface area contributed by atoms with Crippen LogP contribution in [0.5, 0.6) is 0 Å². The normalized spacial score (nSPS) is 24.1. The summed E-state index contributed by atoms with van der Waals surface area (Å²) in [5.41, 5.74) is 1.15. The molecule has 0 bridgehead atoms. The number of hydrogen-bond acceptors (Lipinski definition) is 4. The zero-order chi connectivity index (χ0) is 14.8. The molecule has 0 saturated carbocycles. The Kier molecular flexibility index (Phi) is 4.60. The fraction of sp³-hybridized carbons (Fsp3) is 0.733. The van der Waals surface area contributed by atoms with E-state index in [-0.39, 0.29) is 6.04 Å². The number of nitrogens with zero attached hydrogens (tertiary/aromatic N) is 4. The van der Waals surface area contributed by atoms with Crippen LogP contribution in [0.4, 0.5) is 0 Å². The molecule has 1 N–H and O–H groups in total. The first-order valence-electron chi connectivity index (χ1n) is 7.41. The Morgan fingerprint density at radius 3 is 2.85 bits per heavy atom. The standard InChI is InChI=1S/C15H26N4O/c1-12(2)6-9-18-8-5-7-15(20,11-18)14-10-19(13(3)4)17-16-14/h6,10,13,20H,5,7-9,11H2,1-4H3. The Labute approximate surface area is 121 Å². The fourth-order valence-electron chi connectivity index (χ4n) is 2.54. The number of rotatable bonds is 4. The highest BCUT2D eigenvalue weighted by molar-refractivity contribution is 5.10. The van der Waals surface area contributed by atoms with E-state index in [1.54, 1.807) is 0 Å². The number of β-amino-alcohol motifs (C(OH)–C–C–N with tert-alkyl or cyclic N) is 1. The molecule has 20 heavy (non-hydrogen) atoms. The quantitative estimate of drug-likeness (QED) is 0.857. The molecule has 0 spiro atoms. The van der Waals surface area contributed by atoms with E-state index in [1.165, 1.54) is 5.57 Å². The summed E-state index contributed by atoms with van der Waals surface area (Å²) in [4.78, 5) is 2.28. The Morgan fingerprint density at radius 1 is 1.50 bits per heavy atom. The van der Waals surface area contributed by atoms with Crippen LogP contribution in [0, 0.1) is 0 Å². The molecule has 2 rings (SSSR count). The number of piperidine rings is 1. The van der Waals surface area contributed by atoms with Crippen LogP contribution in [-0.2, 0) is 5.60 Å². The van der Waals surface area contributed by atoms with Crippen LogP contribution in [0.25, 0.3) is 0 Å². The predicted octanol–water partition coefficient (Wildman–Crippen LogP) is 2.11. The summed E-state index contributed by atoms with van der Waals surface area (Å²) in [6.07, 6.45) is 5.84. The topological polar surface area (TPSA) is 54.2 Å². The number of aromatic nitrogens is 3. The lowest BCUT2D eigenvalue weighted by atomic mass is 9.90. The monoisotopic (exact) mass is 278 g/mol. The van der Waals surface area contributed by atoms with Gasteiger partial charge in [-0.2, -0.15) is 0 Å². The van der Waals surface area contributed by atoms with Gasteiger partial charge in [0.2, 0.25) is 0 Å².